The molecule has 1 aromatic carbocycles. The predicted molar refractivity (Wildman–Crippen MR) is 74.1 cm³/mol. The molecule has 0 saturated carbocycles. The van der Waals surface area contributed by atoms with Crippen molar-refractivity contribution in [2.45, 2.75) is 4.90 Å². The van der Waals surface area contributed by atoms with Gasteiger partial charge in [0.05, 0.1) is 17.6 Å². The number of likely N-dealkylation sites (N-methyl/N-ethyl adjacent to an activating group) is 1. The number of hydrogen-bond acceptors (Lipinski definition) is 5. The Bertz CT molecular complexity index is 566. The van der Waals surface area contributed by atoms with E-state index < -0.39 is 26.7 Å². The minimum Gasteiger partial charge on any atom is -0.465 e. The molecular formula is C11H16ClFN2O4S. The van der Waals surface area contributed by atoms with Crippen molar-refractivity contribution in [2.75, 3.05) is 27.2 Å². The lowest BCUT2D eigenvalue weighted by Crippen LogP contribution is -2.31. The minimum atomic E-state index is -3.97. The first kappa shape index (κ1) is 18.8. The van der Waals surface area contributed by atoms with Gasteiger partial charge >= 0.3 is 5.97 Å². The van der Waals surface area contributed by atoms with Gasteiger partial charge in [0.25, 0.3) is 0 Å². The number of methoxy groups -OCH3 is 1. The number of carbonyl (C=O) groups excluding carboxylic acids is 1. The van der Waals surface area contributed by atoms with E-state index in [1.807, 2.05) is 0 Å². The van der Waals surface area contributed by atoms with E-state index >= 15 is 0 Å². The largest absolute Gasteiger partial charge is 0.465 e. The molecule has 114 valence electrons. The molecule has 0 aliphatic carbocycles. The van der Waals surface area contributed by atoms with Crippen molar-refractivity contribution in [2.24, 2.45) is 0 Å². The van der Waals surface area contributed by atoms with Crippen LogP contribution in [0.25, 0.3) is 0 Å². The molecule has 0 aliphatic heterocycles. The first-order valence-electron chi connectivity index (χ1n) is 5.44. The number of rotatable bonds is 6. The molecular weight excluding hydrogens is 311 g/mol. The average molecular weight is 327 g/mol. The fraction of sp³-hybridized carbons (Fsp3) is 0.364. The van der Waals surface area contributed by atoms with Crippen LogP contribution in [-0.2, 0) is 14.8 Å². The molecule has 0 bridgehead atoms. The molecule has 2 N–H and O–H groups in total. The van der Waals surface area contributed by atoms with Gasteiger partial charge in [-0.25, -0.2) is 22.3 Å². The summed E-state index contributed by atoms with van der Waals surface area (Å²) in [6.45, 7) is 0.526. The lowest BCUT2D eigenvalue weighted by molar-refractivity contribution is 0.0596. The van der Waals surface area contributed by atoms with E-state index in [4.69, 9.17) is 0 Å². The molecule has 9 heteroatoms. The van der Waals surface area contributed by atoms with Crippen molar-refractivity contribution in [3.63, 3.8) is 0 Å². The summed E-state index contributed by atoms with van der Waals surface area (Å²) < 4.78 is 43.9. The maximum absolute atomic E-state index is 13.2. The van der Waals surface area contributed by atoms with Crippen molar-refractivity contribution in [3.8, 4) is 0 Å². The second-order valence-corrected chi connectivity index (χ2v) is 5.37. The highest BCUT2D eigenvalue weighted by atomic mass is 35.5. The maximum Gasteiger partial charge on any atom is 0.339 e. The summed E-state index contributed by atoms with van der Waals surface area (Å²) in [6, 6.07) is 2.86. The van der Waals surface area contributed by atoms with Gasteiger partial charge in [-0.3, -0.25) is 0 Å². The molecule has 0 aliphatic rings. The van der Waals surface area contributed by atoms with Gasteiger partial charge in [-0.15, -0.1) is 12.4 Å². The summed E-state index contributed by atoms with van der Waals surface area (Å²) in [5.41, 5.74) is -0.208. The molecule has 0 unspecified atom stereocenters. The third kappa shape index (κ3) is 4.71. The summed E-state index contributed by atoms with van der Waals surface area (Å²) in [5, 5.41) is 2.76. The number of sulfonamides is 1. The molecule has 1 aromatic rings. The van der Waals surface area contributed by atoms with Crippen LogP contribution >= 0.6 is 12.4 Å². The molecule has 0 atom stereocenters. The third-order valence-corrected chi connectivity index (χ3v) is 3.81. The van der Waals surface area contributed by atoms with E-state index in [9.17, 15) is 17.6 Å². The summed E-state index contributed by atoms with van der Waals surface area (Å²) in [4.78, 5) is 11.0. The molecule has 0 spiro atoms. The molecule has 1 rings (SSSR count). The van der Waals surface area contributed by atoms with Crippen LogP contribution < -0.4 is 10.0 Å². The summed E-state index contributed by atoms with van der Waals surface area (Å²) in [6.07, 6.45) is 0. The number of halogens is 2. The molecule has 0 heterocycles. The predicted octanol–water partition coefficient (Wildman–Crippen LogP) is 0.532. The highest BCUT2D eigenvalue weighted by Crippen LogP contribution is 2.18. The average Bonchev–Trinajstić information content (AvgIpc) is 2.38. The van der Waals surface area contributed by atoms with E-state index in [2.05, 4.69) is 14.8 Å². The Morgan fingerprint density at radius 1 is 1.35 bits per heavy atom. The van der Waals surface area contributed by atoms with Crippen LogP contribution in [0.5, 0.6) is 0 Å². The van der Waals surface area contributed by atoms with E-state index in [1.165, 1.54) is 0 Å². The molecule has 0 fully saturated rings. The van der Waals surface area contributed by atoms with Crippen molar-refractivity contribution >= 4 is 28.4 Å². The first-order valence-corrected chi connectivity index (χ1v) is 6.93. The van der Waals surface area contributed by atoms with Crippen LogP contribution in [-0.4, -0.2) is 41.6 Å². The fourth-order valence-electron chi connectivity index (χ4n) is 1.39. The Morgan fingerprint density at radius 2 is 2.00 bits per heavy atom. The normalized spacial score (nSPS) is 10.8. The summed E-state index contributed by atoms with van der Waals surface area (Å²) in [5.74, 6) is -1.59. The number of benzene rings is 1. The van der Waals surface area contributed by atoms with E-state index in [0.29, 0.717) is 6.54 Å². The van der Waals surface area contributed by atoms with Gasteiger partial charge < -0.3 is 10.1 Å². The smallest absolute Gasteiger partial charge is 0.339 e. The number of esters is 1. The van der Waals surface area contributed by atoms with Crippen LogP contribution in [0.1, 0.15) is 10.4 Å². The Balaban J connectivity index is 0.00000361. The van der Waals surface area contributed by atoms with Crippen LogP contribution in [0.4, 0.5) is 4.39 Å². The second kappa shape index (κ2) is 8.15. The standard InChI is InChI=1S/C11H15FN2O4S.ClH/c1-13-5-6-14-19(16,17)10-7-8(12)3-4-9(10)11(15)18-2;/h3-4,7,13-14H,5-6H2,1-2H3;1H. The molecule has 0 radical (unpaired) electrons. The van der Waals surface area contributed by atoms with Gasteiger partial charge in [0.1, 0.15) is 5.82 Å². The molecule has 6 nitrogen and oxygen atoms in total. The number of carbonyl (C=O) groups is 1. The Hall–Kier alpha value is -1.22. The van der Waals surface area contributed by atoms with Crippen molar-refractivity contribution < 1.29 is 22.3 Å². The number of hydrogen-bond donors (Lipinski definition) is 2. The highest BCUT2D eigenvalue weighted by molar-refractivity contribution is 7.89. The monoisotopic (exact) mass is 326 g/mol. The Kier molecular flexibility index (Phi) is 7.66. The topological polar surface area (TPSA) is 84.5 Å². The van der Waals surface area contributed by atoms with Crippen molar-refractivity contribution in [1.29, 1.82) is 0 Å². The van der Waals surface area contributed by atoms with Gasteiger partial charge in [-0.2, -0.15) is 0 Å². The van der Waals surface area contributed by atoms with Crippen LogP contribution in [0.15, 0.2) is 23.1 Å². The van der Waals surface area contributed by atoms with Gasteiger partial charge in [-0.05, 0) is 25.2 Å². The van der Waals surface area contributed by atoms with Crippen molar-refractivity contribution in [1.82, 2.24) is 10.0 Å². The SMILES string of the molecule is CNCCNS(=O)(=O)c1cc(F)ccc1C(=O)OC.Cl. The van der Waals surface area contributed by atoms with Crippen LogP contribution in [0.3, 0.4) is 0 Å². The fourth-order valence-corrected chi connectivity index (χ4v) is 2.62. The zero-order valence-corrected chi connectivity index (χ0v) is 12.6. The molecule has 0 amide bonds. The van der Waals surface area contributed by atoms with Gasteiger partial charge in [0, 0.05) is 13.1 Å². The summed E-state index contributed by atoms with van der Waals surface area (Å²) in [7, 11) is -1.19. The van der Waals surface area contributed by atoms with E-state index in [-0.39, 0.29) is 24.5 Å². The lowest BCUT2D eigenvalue weighted by Gasteiger charge is -2.10. The third-order valence-electron chi connectivity index (χ3n) is 2.31. The zero-order valence-electron chi connectivity index (χ0n) is 11.0. The van der Waals surface area contributed by atoms with Gasteiger partial charge in [-0.1, -0.05) is 0 Å². The molecule has 20 heavy (non-hydrogen) atoms. The van der Waals surface area contributed by atoms with Crippen LogP contribution in [0, 0.1) is 5.82 Å². The minimum absolute atomic E-state index is 0. The quantitative estimate of drug-likeness (QED) is 0.588. The van der Waals surface area contributed by atoms with Gasteiger partial charge in [0.2, 0.25) is 10.0 Å². The maximum atomic E-state index is 13.2. The van der Waals surface area contributed by atoms with Crippen LogP contribution in [0.2, 0.25) is 0 Å². The Labute approximate surface area is 123 Å². The highest BCUT2D eigenvalue weighted by Gasteiger charge is 2.23. The van der Waals surface area contributed by atoms with E-state index in [0.717, 1.165) is 25.3 Å². The summed E-state index contributed by atoms with van der Waals surface area (Å²) >= 11 is 0. The molecule has 0 saturated heterocycles. The Morgan fingerprint density at radius 3 is 2.55 bits per heavy atom. The molecule has 0 aromatic heterocycles. The zero-order chi connectivity index (χ0) is 14.5. The number of nitrogens with one attached hydrogen (secondary N) is 2. The van der Waals surface area contributed by atoms with E-state index in [1.54, 1.807) is 7.05 Å². The van der Waals surface area contributed by atoms with Gasteiger partial charge in [0.15, 0.2) is 0 Å². The second-order valence-electron chi connectivity index (χ2n) is 3.63. The van der Waals surface area contributed by atoms with Crippen molar-refractivity contribution in [3.05, 3.63) is 29.6 Å². The first-order chi connectivity index (χ1) is 8.92. The number of ether oxygens (including phenoxy) is 1. The lowest BCUT2D eigenvalue weighted by atomic mass is 10.2.